The van der Waals surface area contributed by atoms with Gasteiger partial charge >= 0.3 is 0 Å². The number of alkyl halides is 1. The summed E-state index contributed by atoms with van der Waals surface area (Å²) < 4.78 is 29.4. The van der Waals surface area contributed by atoms with Crippen molar-refractivity contribution in [3.8, 4) is 0 Å². The molecule has 2 aromatic rings. The number of hydrogen-bond acceptors (Lipinski definition) is 2. The lowest BCUT2D eigenvalue weighted by molar-refractivity contribution is 0.263. The minimum Gasteiger partial charge on any atom is -0.324 e. The number of hydrogen-bond donors (Lipinski definition) is 0. The third-order valence-corrected chi connectivity index (χ3v) is 3.94. The van der Waals surface area contributed by atoms with Gasteiger partial charge in [0.25, 0.3) is 0 Å². The minimum absolute atomic E-state index is 0.229. The van der Waals surface area contributed by atoms with Crippen LogP contribution in [0.2, 0.25) is 0 Å². The second-order valence-electron chi connectivity index (χ2n) is 5.42. The molecule has 1 aromatic heterocycles. The summed E-state index contributed by atoms with van der Waals surface area (Å²) in [6, 6.07) is 3.01. The molecule has 0 unspecified atom stereocenters. The molecule has 116 valence electrons. The zero-order valence-corrected chi connectivity index (χ0v) is 13.3. The second-order valence-corrected chi connectivity index (χ2v) is 5.80. The Kier molecular flexibility index (Phi) is 5.17. The fourth-order valence-electron chi connectivity index (χ4n) is 2.24. The molecule has 0 N–H and O–H groups in total. The van der Waals surface area contributed by atoms with Crippen molar-refractivity contribution >= 4 is 22.6 Å². The number of nitrogens with zero attached hydrogens (tertiary/aromatic N) is 3. The van der Waals surface area contributed by atoms with Crippen LogP contribution in [0.4, 0.5) is 8.78 Å². The van der Waals surface area contributed by atoms with Crippen LogP contribution in [0, 0.1) is 11.6 Å². The first-order valence-corrected chi connectivity index (χ1v) is 7.58. The van der Waals surface area contributed by atoms with E-state index in [0.29, 0.717) is 36.2 Å². The number of rotatable bonds is 6. The predicted octanol–water partition coefficient (Wildman–Crippen LogP) is 3.44. The second kappa shape index (κ2) is 6.71. The van der Waals surface area contributed by atoms with E-state index in [9.17, 15) is 8.78 Å². The fourth-order valence-corrected chi connectivity index (χ4v) is 2.41. The Balaban J connectivity index is 2.42. The molecule has 0 saturated heterocycles. The molecular weight excluding hydrogens is 296 g/mol. The quantitative estimate of drug-likeness (QED) is 0.761. The Bertz CT molecular complexity index is 625. The van der Waals surface area contributed by atoms with Crippen molar-refractivity contribution in [3.63, 3.8) is 0 Å². The van der Waals surface area contributed by atoms with Crippen LogP contribution in [0.25, 0.3) is 11.0 Å². The molecule has 0 aliphatic carbocycles. The largest absolute Gasteiger partial charge is 0.324 e. The van der Waals surface area contributed by atoms with Crippen molar-refractivity contribution in [1.29, 1.82) is 0 Å². The lowest BCUT2D eigenvalue weighted by Gasteiger charge is -2.21. The number of likely N-dealkylation sites (N-methyl/N-ethyl adjacent to an activating group) is 1. The average molecular weight is 316 g/mol. The number of fused-ring (bicyclic) bond motifs is 1. The zero-order chi connectivity index (χ0) is 15.6. The van der Waals surface area contributed by atoms with E-state index in [4.69, 9.17) is 11.6 Å². The number of halogens is 3. The van der Waals surface area contributed by atoms with E-state index in [1.165, 1.54) is 6.07 Å². The maximum absolute atomic E-state index is 14.1. The number of imidazole rings is 1. The molecule has 21 heavy (non-hydrogen) atoms. The van der Waals surface area contributed by atoms with Gasteiger partial charge < -0.3 is 9.47 Å². The van der Waals surface area contributed by atoms with E-state index in [0.717, 1.165) is 12.6 Å². The Morgan fingerprint density at radius 1 is 1.33 bits per heavy atom. The number of benzene rings is 1. The Labute approximate surface area is 128 Å². The number of aromatic nitrogens is 2. The monoisotopic (exact) mass is 315 g/mol. The molecule has 1 heterocycles. The topological polar surface area (TPSA) is 21.1 Å². The summed E-state index contributed by atoms with van der Waals surface area (Å²) in [6.07, 6.45) is 0.530. The Hall–Kier alpha value is -1.20. The zero-order valence-electron chi connectivity index (χ0n) is 12.5. The van der Waals surface area contributed by atoms with Crippen molar-refractivity contribution in [2.24, 2.45) is 0 Å². The first-order valence-electron chi connectivity index (χ1n) is 7.05. The summed E-state index contributed by atoms with van der Waals surface area (Å²) in [6.45, 7) is 5.46. The average Bonchev–Trinajstić information content (AvgIpc) is 2.79. The fraction of sp³-hybridized carbons (Fsp3) is 0.533. The van der Waals surface area contributed by atoms with Gasteiger partial charge in [-0.15, -0.1) is 11.6 Å². The summed E-state index contributed by atoms with van der Waals surface area (Å²) >= 11 is 5.79. The maximum atomic E-state index is 14.1. The van der Waals surface area contributed by atoms with Gasteiger partial charge in [0.1, 0.15) is 11.3 Å². The van der Waals surface area contributed by atoms with Crippen molar-refractivity contribution in [2.75, 3.05) is 19.5 Å². The molecule has 0 saturated carbocycles. The lowest BCUT2D eigenvalue weighted by Crippen LogP contribution is -2.30. The molecular formula is C15H20ClF2N3. The molecule has 2 rings (SSSR count). The van der Waals surface area contributed by atoms with Crippen LogP contribution in [0.5, 0.6) is 0 Å². The highest BCUT2D eigenvalue weighted by Gasteiger charge is 2.17. The van der Waals surface area contributed by atoms with Crippen LogP contribution in [0.15, 0.2) is 12.1 Å². The van der Waals surface area contributed by atoms with Gasteiger partial charge in [0.15, 0.2) is 11.6 Å². The van der Waals surface area contributed by atoms with E-state index in [-0.39, 0.29) is 5.52 Å². The van der Waals surface area contributed by atoms with Gasteiger partial charge in [-0.1, -0.05) is 0 Å². The molecule has 0 aliphatic rings. The molecule has 0 fully saturated rings. The highest BCUT2D eigenvalue weighted by molar-refractivity contribution is 6.17. The molecule has 0 radical (unpaired) electrons. The van der Waals surface area contributed by atoms with Gasteiger partial charge in [0.2, 0.25) is 0 Å². The summed E-state index contributed by atoms with van der Waals surface area (Å²) in [5.74, 6) is -0.596. The SMILES string of the molecule is CC(C)N(C)CCn1c(CCCl)nc2ccc(F)c(F)c21. The summed E-state index contributed by atoms with van der Waals surface area (Å²) in [7, 11) is 2.00. The summed E-state index contributed by atoms with van der Waals surface area (Å²) in [4.78, 5) is 6.53. The van der Waals surface area contributed by atoms with Crippen molar-refractivity contribution < 1.29 is 8.78 Å². The molecule has 0 atom stereocenters. The highest BCUT2D eigenvalue weighted by Crippen LogP contribution is 2.22. The normalized spacial score (nSPS) is 12.0. The van der Waals surface area contributed by atoms with Gasteiger partial charge in [0.05, 0.1) is 5.52 Å². The highest BCUT2D eigenvalue weighted by atomic mass is 35.5. The third-order valence-electron chi connectivity index (χ3n) is 3.75. The van der Waals surface area contributed by atoms with Gasteiger partial charge in [-0.05, 0) is 33.0 Å². The maximum Gasteiger partial charge on any atom is 0.184 e. The van der Waals surface area contributed by atoms with Crippen molar-refractivity contribution in [2.45, 2.75) is 32.9 Å². The smallest absolute Gasteiger partial charge is 0.184 e. The van der Waals surface area contributed by atoms with Gasteiger partial charge in [-0.25, -0.2) is 13.8 Å². The molecule has 0 spiro atoms. The molecule has 3 nitrogen and oxygen atoms in total. The third kappa shape index (κ3) is 3.35. The van der Waals surface area contributed by atoms with Gasteiger partial charge in [-0.3, -0.25) is 0 Å². The van der Waals surface area contributed by atoms with Crippen molar-refractivity contribution in [3.05, 3.63) is 29.6 Å². The van der Waals surface area contributed by atoms with Crippen LogP contribution < -0.4 is 0 Å². The van der Waals surface area contributed by atoms with Gasteiger partial charge in [0, 0.05) is 31.4 Å². The minimum atomic E-state index is -0.849. The van der Waals surface area contributed by atoms with Gasteiger partial charge in [-0.2, -0.15) is 0 Å². The molecule has 6 heteroatoms. The lowest BCUT2D eigenvalue weighted by atomic mass is 10.3. The molecule has 1 aromatic carbocycles. The van der Waals surface area contributed by atoms with Crippen LogP contribution in [-0.4, -0.2) is 40.0 Å². The molecule has 0 amide bonds. The standard InChI is InChI=1S/C15H20ClF2N3/c1-10(2)20(3)8-9-21-13(6-7-16)19-12-5-4-11(17)14(18)15(12)21/h4-5,10H,6-9H2,1-3H3. The first-order chi connectivity index (χ1) is 9.95. The molecule has 0 aliphatic heterocycles. The Morgan fingerprint density at radius 3 is 2.67 bits per heavy atom. The van der Waals surface area contributed by atoms with Crippen LogP contribution in [-0.2, 0) is 13.0 Å². The first kappa shape index (κ1) is 16.2. The van der Waals surface area contributed by atoms with Crippen LogP contribution in [0.1, 0.15) is 19.7 Å². The van der Waals surface area contributed by atoms with E-state index >= 15 is 0 Å². The predicted molar refractivity (Wildman–Crippen MR) is 81.8 cm³/mol. The van der Waals surface area contributed by atoms with Crippen LogP contribution >= 0.6 is 11.6 Å². The summed E-state index contributed by atoms with van der Waals surface area (Å²) in [5.41, 5.74) is 0.702. The molecule has 0 bridgehead atoms. The van der Waals surface area contributed by atoms with E-state index in [2.05, 4.69) is 23.7 Å². The van der Waals surface area contributed by atoms with E-state index in [1.807, 2.05) is 7.05 Å². The summed E-state index contributed by atoms with van der Waals surface area (Å²) in [5, 5.41) is 0. The number of aryl methyl sites for hydroxylation is 1. The Morgan fingerprint density at radius 2 is 2.05 bits per heavy atom. The van der Waals surface area contributed by atoms with E-state index in [1.54, 1.807) is 4.57 Å². The van der Waals surface area contributed by atoms with Crippen molar-refractivity contribution in [1.82, 2.24) is 14.5 Å². The van der Waals surface area contributed by atoms with E-state index < -0.39 is 11.6 Å². The van der Waals surface area contributed by atoms with Crippen LogP contribution in [0.3, 0.4) is 0 Å².